The normalized spacial score (nSPS) is 10.4. The van der Waals surface area contributed by atoms with E-state index < -0.39 is 0 Å². The van der Waals surface area contributed by atoms with Gasteiger partial charge in [-0.25, -0.2) is 0 Å². The van der Waals surface area contributed by atoms with Crippen LogP contribution < -0.4 is 5.32 Å². The summed E-state index contributed by atoms with van der Waals surface area (Å²) in [6, 6.07) is 8.25. The van der Waals surface area contributed by atoms with E-state index in [1.54, 1.807) is 11.3 Å². The Bertz CT molecular complexity index is 496. The van der Waals surface area contributed by atoms with Crippen molar-refractivity contribution in [3.8, 4) is 0 Å². The molecule has 0 radical (unpaired) electrons. The van der Waals surface area contributed by atoms with Crippen LogP contribution in [0.4, 0.5) is 5.69 Å². The van der Waals surface area contributed by atoms with Crippen LogP contribution in [0.3, 0.4) is 0 Å². The van der Waals surface area contributed by atoms with Crippen LogP contribution in [0.5, 0.6) is 0 Å². The summed E-state index contributed by atoms with van der Waals surface area (Å²) in [4.78, 5) is 1.24. The largest absolute Gasteiger partial charge is 0.380 e. The maximum Gasteiger partial charge on any atom is 0.0516 e. The van der Waals surface area contributed by atoms with Crippen molar-refractivity contribution in [3.05, 3.63) is 49.6 Å². The Morgan fingerprint density at radius 3 is 2.81 bits per heavy atom. The van der Waals surface area contributed by atoms with Crippen LogP contribution in [0.2, 0.25) is 5.02 Å². The van der Waals surface area contributed by atoms with E-state index >= 15 is 0 Å². The SMILES string of the molecule is Cc1ccc(NCc2cc(Cl)cs2)cc1Br. The lowest BCUT2D eigenvalue weighted by Crippen LogP contribution is -1.97. The highest BCUT2D eigenvalue weighted by atomic mass is 79.9. The monoisotopic (exact) mass is 315 g/mol. The number of anilines is 1. The smallest absolute Gasteiger partial charge is 0.0516 e. The number of rotatable bonds is 3. The minimum atomic E-state index is 0.812. The van der Waals surface area contributed by atoms with E-state index in [4.69, 9.17) is 11.6 Å². The van der Waals surface area contributed by atoms with Crippen molar-refractivity contribution in [2.45, 2.75) is 13.5 Å². The molecule has 0 bridgehead atoms. The van der Waals surface area contributed by atoms with Gasteiger partial charge in [-0.2, -0.15) is 0 Å². The molecule has 0 aliphatic heterocycles. The highest BCUT2D eigenvalue weighted by Crippen LogP contribution is 2.23. The van der Waals surface area contributed by atoms with Gasteiger partial charge in [0.25, 0.3) is 0 Å². The first-order chi connectivity index (χ1) is 7.65. The molecule has 4 heteroatoms. The molecule has 0 unspecified atom stereocenters. The molecule has 0 amide bonds. The van der Waals surface area contributed by atoms with E-state index in [-0.39, 0.29) is 0 Å². The molecule has 0 saturated carbocycles. The number of aryl methyl sites for hydroxylation is 1. The third-order valence-electron chi connectivity index (χ3n) is 2.26. The number of thiophene rings is 1. The highest BCUT2D eigenvalue weighted by Gasteiger charge is 1.99. The molecule has 0 spiro atoms. The van der Waals surface area contributed by atoms with E-state index in [2.05, 4.69) is 46.4 Å². The van der Waals surface area contributed by atoms with Gasteiger partial charge in [0.2, 0.25) is 0 Å². The zero-order valence-corrected chi connectivity index (χ0v) is 11.9. The number of nitrogens with one attached hydrogen (secondary N) is 1. The van der Waals surface area contributed by atoms with Gasteiger partial charge in [-0.3, -0.25) is 0 Å². The van der Waals surface area contributed by atoms with Crippen molar-refractivity contribution in [1.82, 2.24) is 0 Å². The second-order valence-electron chi connectivity index (χ2n) is 3.55. The Kier molecular flexibility index (Phi) is 3.90. The van der Waals surface area contributed by atoms with Gasteiger partial charge in [0.15, 0.2) is 0 Å². The molecule has 2 aromatic rings. The van der Waals surface area contributed by atoms with Crippen molar-refractivity contribution < 1.29 is 0 Å². The van der Waals surface area contributed by atoms with Crippen LogP contribution in [0.1, 0.15) is 10.4 Å². The first kappa shape index (κ1) is 12.0. The topological polar surface area (TPSA) is 12.0 Å². The van der Waals surface area contributed by atoms with Gasteiger partial charge in [0.05, 0.1) is 5.02 Å². The van der Waals surface area contributed by atoms with E-state index in [1.807, 2.05) is 11.4 Å². The van der Waals surface area contributed by atoms with Crippen molar-refractivity contribution >= 4 is 44.6 Å². The van der Waals surface area contributed by atoms with Crippen LogP contribution in [0.15, 0.2) is 34.1 Å². The lowest BCUT2D eigenvalue weighted by Gasteiger charge is -2.06. The molecule has 0 aliphatic carbocycles. The van der Waals surface area contributed by atoms with Crippen LogP contribution in [0.25, 0.3) is 0 Å². The summed E-state index contributed by atoms with van der Waals surface area (Å²) in [6.07, 6.45) is 0. The number of hydrogen-bond acceptors (Lipinski definition) is 2. The van der Waals surface area contributed by atoms with Gasteiger partial charge in [-0.15, -0.1) is 11.3 Å². The third-order valence-corrected chi connectivity index (χ3v) is 4.40. The Balaban J connectivity index is 2.02. The summed E-state index contributed by atoms with van der Waals surface area (Å²) in [5.41, 5.74) is 2.35. The lowest BCUT2D eigenvalue weighted by molar-refractivity contribution is 1.19. The zero-order valence-electron chi connectivity index (χ0n) is 8.76. The number of hydrogen-bond donors (Lipinski definition) is 1. The molecule has 1 N–H and O–H groups in total. The Hall–Kier alpha value is -0.510. The molecule has 16 heavy (non-hydrogen) atoms. The molecule has 84 valence electrons. The molecular formula is C12H11BrClNS. The molecular weight excluding hydrogens is 306 g/mol. The highest BCUT2D eigenvalue weighted by molar-refractivity contribution is 9.10. The molecule has 0 saturated heterocycles. The third kappa shape index (κ3) is 3.00. The second kappa shape index (κ2) is 5.21. The first-order valence-electron chi connectivity index (χ1n) is 4.88. The van der Waals surface area contributed by atoms with Crippen LogP contribution >= 0.6 is 38.9 Å². The molecule has 1 nitrogen and oxygen atoms in total. The van der Waals surface area contributed by atoms with Gasteiger partial charge in [0, 0.05) is 27.0 Å². The summed E-state index contributed by atoms with van der Waals surface area (Å²) in [5.74, 6) is 0. The maximum atomic E-state index is 5.86. The maximum absolute atomic E-state index is 5.86. The van der Waals surface area contributed by atoms with E-state index in [0.29, 0.717) is 0 Å². The van der Waals surface area contributed by atoms with Crippen molar-refractivity contribution in [2.24, 2.45) is 0 Å². The molecule has 0 fully saturated rings. The molecule has 0 aliphatic rings. The van der Waals surface area contributed by atoms with Crippen LogP contribution in [0, 0.1) is 6.92 Å². The lowest BCUT2D eigenvalue weighted by atomic mass is 10.2. The summed E-state index contributed by atoms with van der Waals surface area (Å²) in [7, 11) is 0. The Morgan fingerprint density at radius 2 is 2.19 bits per heavy atom. The fourth-order valence-electron chi connectivity index (χ4n) is 1.34. The van der Waals surface area contributed by atoms with E-state index in [0.717, 1.165) is 21.7 Å². The molecule has 1 aromatic carbocycles. The minimum Gasteiger partial charge on any atom is -0.380 e. The molecule has 1 aromatic heterocycles. The first-order valence-corrected chi connectivity index (χ1v) is 6.93. The molecule has 0 atom stereocenters. The summed E-state index contributed by atoms with van der Waals surface area (Å²) >= 11 is 11.1. The quantitative estimate of drug-likeness (QED) is 0.832. The summed E-state index contributed by atoms with van der Waals surface area (Å²) in [5, 5.41) is 6.12. The average molecular weight is 317 g/mol. The Morgan fingerprint density at radius 1 is 1.38 bits per heavy atom. The van der Waals surface area contributed by atoms with Crippen LogP contribution in [-0.2, 0) is 6.54 Å². The van der Waals surface area contributed by atoms with Gasteiger partial charge < -0.3 is 5.32 Å². The predicted molar refractivity (Wildman–Crippen MR) is 75.5 cm³/mol. The van der Waals surface area contributed by atoms with Gasteiger partial charge in [-0.1, -0.05) is 33.6 Å². The van der Waals surface area contributed by atoms with Crippen molar-refractivity contribution in [2.75, 3.05) is 5.32 Å². The molecule has 2 rings (SSSR count). The van der Waals surface area contributed by atoms with Crippen molar-refractivity contribution in [1.29, 1.82) is 0 Å². The fourth-order valence-corrected chi connectivity index (χ4v) is 2.73. The number of halogens is 2. The Labute approximate surface area is 113 Å². The second-order valence-corrected chi connectivity index (χ2v) is 5.84. The number of benzene rings is 1. The van der Waals surface area contributed by atoms with Gasteiger partial charge in [-0.05, 0) is 30.7 Å². The average Bonchev–Trinajstić information content (AvgIpc) is 2.66. The van der Waals surface area contributed by atoms with E-state index in [9.17, 15) is 0 Å². The minimum absolute atomic E-state index is 0.812. The van der Waals surface area contributed by atoms with Crippen LogP contribution in [-0.4, -0.2) is 0 Å². The standard InChI is InChI=1S/C12H11BrClNS/c1-8-2-3-10(5-12(8)13)15-6-11-4-9(14)7-16-11/h2-5,7,15H,6H2,1H3. The fraction of sp³-hybridized carbons (Fsp3) is 0.167. The summed E-state index contributed by atoms with van der Waals surface area (Å²) < 4.78 is 1.13. The zero-order chi connectivity index (χ0) is 11.5. The van der Waals surface area contributed by atoms with Crippen molar-refractivity contribution in [3.63, 3.8) is 0 Å². The van der Waals surface area contributed by atoms with Gasteiger partial charge in [0.1, 0.15) is 0 Å². The van der Waals surface area contributed by atoms with E-state index in [1.165, 1.54) is 10.4 Å². The van der Waals surface area contributed by atoms with Gasteiger partial charge >= 0.3 is 0 Å². The summed E-state index contributed by atoms with van der Waals surface area (Å²) in [6.45, 7) is 2.89. The predicted octanol–water partition coefficient (Wildman–Crippen LogP) is 5.08. The molecule has 1 heterocycles.